The van der Waals surface area contributed by atoms with Gasteiger partial charge in [-0.05, 0) is 34.5 Å². The van der Waals surface area contributed by atoms with Crippen molar-refractivity contribution in [3.63, 3.8) is 0 Å². The summed E-state index contributed by atoms with van der Waals surface area (Å²) in [5.74, 6) is 1.01. The Morgan fingerprint density at radius 2 is 1.91 bits per heavy atom. The maximum atomic E-state index is 12.3. The summed E-state index contributed by atoms with van der Waals surface area (Å²) >= 11 is 3.38. The van der Waals surface area contributed by atoms with Crippen molar-refractivity contribution in [2.75, 3.05) is 14.2 Å². The highest BCUT2D eigenvalue weighted by Gasteiger charge is 2.37. The average molecular weight is 371 g/mol. The van der Waals surface area contributed by atoms with E-state index in [0.717, 1.165) is 10.9 Å². The van der Waals surface area contributed by atoms with Crippen LogP contribution in [0.5, 0.6) is 11.5 Å². The Labute approximate surface area is 137 Å². The molecule has 1 atom stereocenters. The Kier molecular flexibility index (Phi) is 5.28. The molecule has 1 aliphatic rings. The van der Waals surface area contributed by atoms with E-state index < -0.39 is 6.04 Å². The number of nitrogens with zero attached hydrogens (tertiary/aromatic N) is 1. The number of nitrogens with one attached hydrogen (secondary N) is 1. The first kappa shape index (κ1) is 16.6. The number of amides is 3. The Bertz CT molecular complexity index is 591. The van der Waals surface area contributed by atoms with Crippen LogP contribution in [0.15, 0.2) is 16.6 Å². The zero-order chi connectivity index (χ0) is 16.3. The molecule has 1 heterocycles. The SMILES string of the molecule is CCCC1NC(=O)N(Cc2cc(OC)c(Br)cc2OC)C1=O. The number of hydrogen-bond acceptors (Lipinski definition) is 4. The van der Waals surface area contributed by atoms with Crippen molar-refractivity contribution in [2.24, 2.45) is 0 Å². The molecule has 0 saturated carbocycles. The molecule has 7 heteroatoms. The lowest BCUT2D eigenvalue weighted by molar-refractivity contribution is -0.128. The van der Waals surface area contributed by atoms with Crippen LogP contribution in [0.3, 0.4) is 0 Å². The van der Waals surface area contributed by atoms with Crippen molar-refractivity contribution in [1.82, 2.24) is 10.2 Å². The zero-order valence-corrected chi connectivity index (χ0v) is 14.4. The van der Waals surface area contributed by atoms with Gasteiger partial charge in [-0.2, -0.15) is 0 Å². The molecule has 1 aliphatic heterocycles. The number of urea groups is 1. The fraction of sp³-hybridized carbons (Fsp3) is 0.467. The highest BCUT2D eigenvalue weighted by atomic mass is 79.9. The quantitative estimate of drug-likeness (QED) is 0.781. The van der Waals surface area contributed by atoms with Crippen molar-refractivity contribution >= 4 is 27.9 Å². The van der Waals surface area contributed by atoms with Crippen LogP contribution in [0.1, 0.15) is 25.3 Å². The van der Waals surface area contributed by atoms with Gasteiger partial charge in [0.15, 0.2) is 0 Å². The van der Waals surface area contributed by atoms with Gasteiger partial charge >= 0.3 is 6.03 Å². The largest absolute Gasteiger partial charge is 0.496 e. The molecule has 2 rings (SSSR count). The average Bonchev–Trinajstić information content (AvgIpc) is 2.76. The van der Waals surface area contributed by atoms with Crippen LogP contribution in [0, 0.1) is 0 Å². The monoisotopic (exact) mass is 370 g/mol. The summed E-state index contributed by atoms with van der Waals surface area (Å²) in [6, 6.07) is 2.72. The third-order valence-electron chi connectivity index (χ3n) is 3.57. The van der Waals surface area contributed by atoms with Gasteiger partial charge in [0.2, 0.25) is 0 Å². The van der Waals surface area contributed by atoms with E-state index in [1.165, 1.54) is 4.90 Å². The van der Waals surface area contributed by atoms with Gasteiger partial charge in [0, 0.05) is 5.56 Å². The molecule has 0 aliphatic carbocycles. The fourth-order valence-corrected chi connectivity index (χ4v) is 2.91. The molecule has 0 radical (unpaired) electrons. The van der Waals surface area contributed by atoms with Gasteiger partial charge in [-0.3, -0.25) is 9.69 Å². The van der Waals surface area contributed by atoms with Crippen LogP contribution in [-0.2, 0) is 11.3 Å². The number of hydrogen-bond donors (Lipinski definition) is 1. The summed E-state index contributed by atoms with van der Waals surface area (Å²) in [4.78, 5) is 25.5. The molecule has 120 valence electrons. The van der Waals surface area contributed by atoms with Crippen LogP contribution in [0.4, 0.5) is 4.79 Å². The minimum atomic E-state index is -0.430. The van der Waals surface area contributed by atoms with E-state index in [2.05, 4.69) is 21.2 Å². The number of carbonyl (C=O) groups is 2. The third-order valence-corrected chi connectivity index (χ3v) is 4.19. The second-order valence-electron chi connectivity index (χ2n) is 5.01. The Morgan fingerprint density at radius 3 is 2.50 bits per heavy atom. The van der Waals surface area contributed by atoms with Gasteiger partial charge in [0.1, 0.15) is 17.5 Å². The van der Waals surface area contributed by atoms with E-state index in [1.807, 2.05) is 6.92 Å². The molecule has 3 amide bonds. The van der Waals surface area contributed by atoms with Crippen LogP contribution in [0.25, 0.3) is 0 Å². The Morgan fingerprint density at radius 1 is 1.23 bits per heavy atom. The minimum Gasteiger partial charge on any atom is -0.496 e. The molecular formula is C15H19BrN2O4. The van der Waals surface area contributed by atoms with Crippen LogP contribution < -0.4 is 14.8 Å². The highest BCUT2D eigenvalue weighted by Crippen LogP contribution is 2.33. The van der Waals surface area contributed by atoms with E-state index in [0.29, 0.717) is 23.5 Å². The maximum Gasteiger partial charge on any atom is 0.325 e. The normalized spacial score (nSPS) is 17.6. The van der Waals surface area contributed by atoms with Crippen molar-refractivity contribution in [3.05, 3.63) is 22.2 Å². The van der Waals surface area contributed by atoms with Crippen LogP contribution in [0.2, 0.25) is 0 Å². The Balaban J connectivity index is 2.26. The summed E-state index contributed by atoms with van der Waals surface area (Å²) in [6.07, 6.45) is 1.47. The molecular weight excluding hydrogens is 352 g/mol. The summed E-state index contributed by atoms with van der Waals surface area (Å²) in [5, 5.41) is 2.71. The second kappa shape index (κ2) is 7.00. The fourth-order valence-electron chi connectivity index (χ4n) is 2.43. The smallest absolute Gasteiger partial charge is 0.325 e. The first-order valence-corrected chi connectivity index (χ1v) is 7.83. The zero-order valence-electron chi connectivity index (χ0n) is 12.8. The van der Waals surface area contributed by atoms with Crippen molar-refractivity contribution in [2.45, 2.75) is 32.4 Å². The van der Waals surface area contributed by atoms with Gasteiger partial charge in [-0.1, -0.05) is 13.3 Å². The topological polar surface area (TPSA) is 67.9 Å². The molecule has 6 nitrogen and oxygen atoms in total. The lowest BCUT2D eigenvalue weighted by Crippen LogP contribution is -2.31. The first-order valence-electron chi connectivity index (χ1n) is 7.04. The summed E-state index contributed by atoms with van der Waals surface area (Å²) in [5.41, 5.74) is 0.711. The molecule has 0 aromatic heterocycles. The summed E-state index contributed by atoms with van der Waals surface area (Å²) < 4.78 is 11.3. The second-order valence-corrected chi connectivity index (χ2v) is 5.87. The third kappa shape index (κ3) is 3.19. The number of rotatable bonds is 6. The van der Waals surface area contributed by atoms with Crippen molar-refractivity contribution in [1.29, 1.82) is 0 Å². The Hall–Kier alpha value is -1.76. The van der Waals surface area contributed by atoms with E-state index in [9.17, 15) is 9.59 Å². The van der Waals surface area contributed by atoms with E-state index >= 15 is 0 Å². The molecule has 1 saturated heterocycles. The molecule has 1 aromatic carbocycles. The van der Waals surface area contributed by atoms with E-state index in [4.69, 9.17) is 9.47 Å². The van der Waals surface area contributed by atoms with Gasteiger partial charge in [0.05, 0.1) is 25.2 Å². The predicted molar refractivity (Wildman–Crippen MR) is 85.0 cm³/mol. The number of benzene rings is 1. The summed E-state index contributed by atoms with van der Waals surface area (Å²) in [7, 11) is 3.10. The molecule has 0 spiro atoms. The molecule has 1 fully saturated rings. The maximum absolute atomic E-state index is 12.3. The number of methoxy groups -OCH3 is 2. The van der Waals surface area contributed by atoms with Gasteiger partial charge in [-0.25, -0.2) is 4.79 Å². The molecule has 0 bridgehead atoms. The molecule has 22 heavy (non-hydrogen) atoms. The predicted octanol–water partition coefficient (Wildman–Crippen LogP) is 2.69. The van der Waals surface area contributed by atoms with Gasteiger partial charge < -0.3 is 14.8 Å². The number of ether oxygens (including phenoxy) is 2. The van der Waals surface area contributed by atoms with Crippen LogP contribution >= 0.6 is 15.9 Å². The van der Waals surface area contributed by atoms with Crippen molar-refractivity contribution < 1.29 is 19.1 Å². The highest BCUT2D eigenvalue weighted by molar-refractivity contribution is 9.10. The van der Waals surface area contributed by atoms with E-state index in [-0.39, 0.29) is 18.5 Å². The molecule has 1 N–H and O–H groups in total. The summed E-state index contributed by atoms with van der Waals surface area (Å²) in [6.45, 7) is 2.13. The van der Waals surface area contributed by atoms with Crippen molar-refractivity contribution in [3.8, 4) is 11.5 Å². The lowest BCUT2D eigenvalue weighted by Gasteiger charge is -2.17. The number of imide groups is 1. The minimum absolute atomic E-state index is 0.150. The lowest BCUT2D eigenvalue weighted by atomic mass is 10.1. The molecule has 1 unspecified atom stereocenters. The number of carbonyl (C=O) groups excluding carboxylic acids is 2. The van der Waals surface area contributed by atoms with Gasteiger partial charge in [0.25, 0.3) is 5.91 Å². The van der Waals surface area contributed by atoms with E-state index in [1.54, 1.807) is 26.4 Å². The van der Waals surface area contributed by atoms with Gasteiger partial charge in [-0.15, -0.1) is 0 Å². The standard InChI is InChI=1S/C15H19BrN2O4/c1-4-5-11-14(19)18(15(20)17-11)8-9-6-13(22-3)10(16)7-12(9)21-2/h6-7,11H,4-5,8H2,1-3H3,(H,17,20). The van der Waals surface area contributed by atoms with Crippen LogP contribution in [-0.4, -0.2) is 37.1 Å². The number of halogens is 1. The first-order chi connectivity index (χ1) is 10.5. The molecule has 1 aromatic rings.